The van der Waals surface area contributed by atoms with Gasteiger partial charge in [0.25, 0.3) is 0 Å². The Morgan fingerprint density at radius 2 is 1.81 bits per heavy atom. The van der Waals surface area contributed by atoms with Gasteiger partial charge in [0.15, 0.2) is 17.5 Å². The molecule has 0 radical (unpaired) electrons. The van der Waals surface area contributed by atoms with Gasteiger partial charge in [0.2, 0.25) is 0 Å². The number of benzene rings is 2. The molecule has 0 unspecified atom stereocenters. The molecule has 2 rings (SSSR count). The Morgan fingerprint density at radius 1 is 1.06 bits per heavy atom. The summed E-state index contributed by atoms with van der Waals surface area (Å²) in [6.45, 7) is 4.50. The molecule has 2 N–H and O–H groups in total. The van der Waals surface area contributed by atoms with Gasteiger partial charge < -0.3 is 25.0 Å². The third-order valence-electron chi connectivity index (χ3n) is 4.74. The number of ether oxygens (including phenoxy) is 2. The summed E-state index contributed by atoms with van der Waals surface area (Å²) in [7, 11) is 7.25. The minimum absolute atomic E-state index is 0. The second kappa shape index (κ2) is 14.9. The largest absolute Gasteiger partial charge is 0.493 e. The van der Waals surface area contributed by atoms with Gasteiger partial charge in [-0.25, -0.2) is 4.39 Å². The van der Waals surface area contributed by atoms with E-state index in [-0.39, 0.29) is 29.8 Å². The fraction of sp³-hybridized carbons (Fsp3) is 0.458. The molecule has 0 bridgehead atoms. The minimum Gasteiger partial charge on any atom is -0.493 e. The molecule has 8 heteroatoms. The number of guanidine groups is 1. The van der Waals surface area contributed by atoms with Crippen LogP contribution in [0, 0.1) is 5.82 Å². The van der Waals surface area contributed by atoms with Gasteiger partial charge in [0, 0.05) is 32.2 Å². The molecule has 0 aromatic heterocycles. The van der Waals surface area contributed by atoms with Crippen molar-refractivity contribution in [3.63, 3.8) is 0 Å². The van der Waals surface area contributed by atoms with Crippen LogP contribution in [0.2, 0.25) is 0 Å². The quantitative estimate of drug-likeness (QED) is 0.187. The summed E-state index contributed by atoms with van der Waals surface area (Å²) >= 11 is 0. The van der Waals surface area contributed by atoms with Crippen LogP contribution < -0.4 is 20.1 Å². The zero-order chi connectivity index (χ0) is 22.6. The fourth-order valence-corrected chi connectivity index (χ4v) is 3.25. The molecule has 0 atom stereocenters. The highest BCUT2D eigenvalue weighted by Gasteiger charge is 2.07. The Hall–Kier alpha value is -2.07. The Bertz CT molecular complexity index is 862. The van der Waals surface area contributed by atoms with Crippen molar-refractivity contribution >= 4 is 29.9 Å². The van der Waals surface area contributed by atoms with Crippen LogP contribution in [0.5, 0.6) is 11.5 Å². The highest BCUT2D eigenvalue weighted by atomic mass is 127. The second-order valence-corrected chi connectivity index (χ2v) is 7.54. The van der Waals surface area contributed by atoms with Crippen LogP contribution in [0.4, 0.5) is 4.39 Å². The van der Waals surface area contributed by atoms with Crippen LogP contribution in [-0.2, 0) is 19.5 Å². The molecule has 6 nitrogen and oxygen atoms in total. The summed E-state index contributed by atoms with van der Waals surface area (Å²) in [4.78, 5) is 6.23. The lowest BCUT2D eigenvalue weighted by atomic mass is 10.1. The van der Waals surface area contributed by atoms with Gasteiger partial charge in [-0.15, -0.1) is 24.0 Å². The number of nitrogens with zero attached hydrogens (tertiary/aromatic N) is 2. The first-order valence-electron chi connectivity index (χ1n) is 10.6. The van der Waals surface area contributed by atoms with E-state index in [0.717, 1.165) is 42.4 Å². The molecule has 2 aromatic carbocycles. The van der Waals surface area contributed by atoms with E-state index < -0.39 is 0 Å². The van der Waals surface area contributed by atoms with Gasteiger partial charge in [-0.2, -0.15) is 0 Å². The number of methoxy groups -OCH3 is 1. The zero-order valence-electron chi connectivity index (χ0n) is 19.7. The summed E-state index contributed by atoms with van der Waals surface area (Å²) in [6.07, 6.45) is 1.86. The first kappa shape index (κ1) is 28.0. The smallest absolute Gasteiger partial charge is 0.191 e. The van der Waals surface area contributed by atoms with E-state index in [0.29, 0.717) is 25.3 Å². The Balaban J connectivity index is 0.00000512. The SMILES string of the molecule is CCOc1cc(CCCNC(=NC)NCc2ccc(F)c(CN(C)C)c2)ccc1OC.I. The molecule has 0 heterocycles. The third-order valence-corrected chi connectivity index (χ3v) is 4.74. The number of aryl methyl sites for hydroxylation is 1. The van der Waals surface area contributed by atoms with Crippen molar-refractivity contribution in [2.45, 2.75) is 32.9 Å². The third kappa shape index (κ3) is 9.20. The molecule has 0 amide bonds. The van der Waals surface area contributed by atoms with Crippen LogP contribution in [-0.4, -0.2) is 52.3 Å². The Kier molecular flexibility index (Phi) is 13.0. The lowest BCUT2D eigenvalue weighted by molar-refractivity contribution is 0.310. The molecular weight excluding hydrogens is 522 g/mol. The van der Waals surface area contributed by atoms with Crippen LogP contribution in [0.15, 0.2) is 41.4 Å². The highest BCUT2D eigenvalue weighted by Crippen LogP contribution is 2.28. The maximum absolute atomic E-state index is 14.0. The van der Waals surface area contributed by atoms with Gasteiger partial charge in [0.05, 0.1) is 13.7 Å². The van der Waals surface area contributed by atoms with Gasteiger partial charge >= 0.3 is 0 Å². The number of nitrogens with one attached hydrogen (secondary N) is 2. The van der Waals surface area contributed by atoms with Crippen molar-refractivity contribution in [1.82, 2.24) is 15.5 Å². The summed E-state index contributed by atoms with van der Waals surface area (Å²) in [5.74, 6) is 2.08. The topological polar surface area (TPSA) is 58.1 Å². The molecule has 0 aliphatic heterocycles. The Labute approximate surface area is 208 Å². The number of halogens is 2. The van der Waals surface area contributed by atoms with Crippen molar-refractivity contribution < 1.29 is 13.9 Å². The summed E-state index contributed by atoms with van der Waals surface area (Å²) in [5, 5.41) is 6.62. The van der Waals surface area contributed by atoms with E-state index in [2.05, 4.69) is 21.7 Å². The van der Waals surface area contributed by atoms with E-state index >= 15 is 0 Å². The van der Waals surface area contributed by atoms with Gasteiger partial charge in [-0.05, 0) is 69.3 Å². The van der Waals surface area contributed by atoms with Crippen molar-refractivity contribution in [3.8, 4) is 11.5 Å². The van der Waals surface area contributed by atoms with Gasteiger partial charge in [-0.3, -0.25) is 4.99 Å². The maximum atomic E-state index is 14.0. The monoisotopic (exact) mass is 558 g/mol. The molecule has 0 aliphatic carbocycles. The van der Waals surface area contributed by atoms with Crippen molar-refractivity contribution in [1.29, 1.82) is 0 Å². The first-order valence-corrected chi connectivity index (χ1v) is 10.6. The number of rotatable bonds is 11. The normalized spacial score (nSPS) is 11.2. The number of hydrogen-bond donors (Lipinski definition) is 2. The van der Waals surface area contributed by atoms with Crippen molar-refractivity contribution in [2.75, 3.05) is 41.4 Å². The van der Waals surface area contributed by atoms with Crippen LogP contribution in [0.1, 0.15) is 30.0 Å². The summed E-state index contributed by atoms with van der Waals surface area (Å²) < 4.78 is 24.9. The van der Waals surface area contributed by atoms with Crippen molar-refractivity contribution in [2.24, 2.45) is 4.99 Å². The maximum Gasteiger partial charge on any atom is 0.191 e. The average Bonchev–Trinajstić information content (AvgIpc) is 2.75. The number of hydrogen-bond acceptors (Lipinski definition) is 4. The van der Waals surface area contributed by atoms with Gasteiger partial charge in [0.1, 0.15) is 5.82 Å². The fourth-order valence-electron chi connectivity index (χ4n) is 3.25. The van der Waals surface area contributed by atoms with Gasteiger partial charge in [-0.1, -0.05) is 12.1 Å². The zero-order valence-corrected chi connectivity index (χ0v) is 22.0. The predicted molar refractivity (Wildman–Crippen MR) is 140 cm³/mol. The summed E-state index contributed by atoms with van der Waals surface area (Å²) in [5.41, 5.74) is 2.91. The molecule has 178 valence electrons. The van der Waals surface area contributed by atoms with Crippen LogP contribution in [0.3, 0.4) is 0 Å². The first-order chi connectivity index (χ1) is 15.0. The highest BCUT2D eigenvalue weighted by molar-refractivity contribution is 14.0. The van der Waals surface area contributed by atoms with Crippen molar-refractivity contribution in [3.05, 3.63) is 58.9 Å². The Morgan fingerprint density at radius 3 is 2.47 bits per heavy atom. The molecule has 0 aliphatic rings. The lowest BCUT2D eigenvalue weighted by Crippen LogP contribution is -2.37. The van der Waals surface area contributed by atoms with Crippen LogP contribution in [0.25, 0.3) is 0 Å². The molecular formula is C24H36FIN4O2. The van der Waals surface area contributed by atoms with E-state index in [4.69, 9.17) is 9.47 Å². The van der Waals surface area contributed by atoms with E-state index in [9.17, 15) is 4.39 Å². The predicted octanol–water partition coefficient (Wildman–Crippen LogP) is 4.21. The molecule has 0 saturated carbocycles. The number of aliphatic imine (C=N–C) groups is 1. The molecule has 32 heavy (non-hydrogen) atoms. The average molecular weight is 558 g/mol. The standard InChI is InChI=1S/C24H35FN4O2.HI/c1-6-31-23-15-18(10-12-22(23)30-5)8-7-13-27-24(26-2)28-16-19-9-11-21(25)20(14-19)17-29(3)4;/h9-12,14-15H,6-8,13,16-17H2,1-5H3,(H2,26,27,28);1H. The van der Waals surface area contributed by atoms with E-state index in [1.54, 1.807) is 20.2 Å². The molecule has 0 saturated heterocycles. The molecule has 0 fully saturated rings. The lowest BCUT2D eigenvalue weighted by Gasteiger charge is -2.14. The van der Waals surface area contributed by atoms with Crippen LogP contribution >= 0.6 is 24.0 Å². The second-order valence-electron chi connectivity index (χ2n) is 7.54. The molecule has 2 aromatic rings. The molecule has 0 spiro atoms. The van der Waals surface area contributed by atoms with E-state index in [1.165, 1.54) is 11.6 Å². The minimum atomic E-state index is -0.175. The van der Waals surface area contributed by atoms with E-state index in [1.807, 2.05) is 44.1 Å². The summed E-state index contributed by atoms with van der Waals surface area (Å²) in [6, 6.07) is 11.3.